The van der Waals surface area contributed by atoms with Gasteiger partial charge in [0.25, 0.3) is 0 Å². The van der Waals surface area contributed by atoms with E-state index in [0.29, 0.717) is 6.42 Å². The monoisotopic (exact) mass is 291 g/mol. The van der Waals surface area contributed by atoms with Crippen molar-refractivity contribution < 1.29 is 14.3 Å². The molecule has 1 aromatic rings. The molecule has 0 radical (unpaired) electrons. The van der Waals surface area contributed by atoms with E-state index in [2.05, 4.69) is 12.2 Å². The highest BCUT2D eigenvalue weighted by Gasteiger charge is 2.22. The van der Waals surface area contributed by atoms with E-state index in [1.807, 2.05) is 30.3 Å². The normalized spacial score (nSPS) is 11.7. The van der Waals surface area contributed by atoms with Crippen LogP contribution >= 0.6 is 0 Å². The molecule has 21 heavy (non-hydrogen) atoms. The zero-order chi connectivity index (χ0) is 15.5. The highest BCUT2D eigenvalue weighted by molar-refractivity contribution is 5.85. The van der Waals surface area contributed by atoms with Crippen LogP contribution in [0.3, 0.4) is 0 Å². The van der Waals surface area contributed by atoms with E-state index >= 15 is 0 Å². The Morgan fingerprint density at radius 3 is 2.38 bits per heavy atom. The van der Waals surface area contributed by atoms with Gasteiger partial charge < -0.3 is 10.1 Å². The topological polar surface area (TPSA) is 55.4 Å². The van der Waals surface area contributed by atoms with Crippen molar-refractivity contribution in [2.24, 2.45) is 0 Å². The fraction of sp³-hybridized carbons (Fsp3) is 0.529. The second-order valence-corrected chi connectivity index (χ2v) is 5.10. The van der Waals surface area contributed by atoms with Crippen LogP contribution in [0.4, 0.5) is 0 Å². The summed E-state index contributed by atoms with van der Waals surface area (Å²) in [5, 5.41) is 2.76. The molecule has 0 bridgehead atoms. The highest BCUT2D eigenvalue weighted by atomic mass is 16.5. The van der Waals surface area contributed by atoms with Gasteiger partial charge >= 0.3 is 5.97 Å². The van der Waals surface area contributed by atoms with Crippen LogP contribution in [-0.2, 0) is 14.3 Å². The zero-order valence-electron chi connectivity index (χ0n) is 12.9. The molecule has 0 aliphatic heterocycles. The minimum Gasteiger partial charge on any atom is -0.467 e. The maximum atomic E-state index is 12.0. The lowest BCUT2D eigenvalue weighted by Crippen LogP contribution is -2.34. The lowest BCUT2D eigenvalue weighted by atomic mass is 10.1. The first-order chi connectivity index (χ1) is 10.2. The van der Waals surface area contributed by atoms with Gasteiger partial charge in [-0.25, -0.2) is 4.79 Å². The number of methoxy groups -OCH3 is 1. The molecule has 116 valence electrons. The van der Waals surface area contributed by atoms with Crippen LogP contribution in [0, 0.1) is 0 Å². The summed E-state index contributed by atoms with van der Waals surface area (Å²) < 4.78 is 4.77. The summed E-state index contributed by atoms with van der Waals surface area (Å²) in [5.74, 6) is -0.550. The SMILES string of the molecule is CCCCCCCC(=O)NC(C(=O)OC)c1ccccc1. The van der Waals surface area contributed by atoms with Gasteiger partial charge in [0.05, 0.1) is 7.11 Å². The van der Waals surface area contributed by atoms with Crippen molar-refractivity contribution in [2.75, 3.05) is 7.11 Å². The Balaban J connectivity index is 2.50. The highest BCUT2D eigenvalue weighted by Crippen LogP contribution is 2.15. The average Bonchev–Trinajstić information content (AvgIpc) is 2.52. The summed E-state index contributed by atoms with van der Waals surface area (Å²) >= 11 is 0. The molecular formula is C17H25NO3. The minimum absolute atomic E-state index is 0.106. The van der Waals surface area contributed by atoms with Crippen LogP contribution < -0.4 is 5.32 Å². The molecule has 0 aromatic heterocycles. The van der Waals surface area contributed by atoms with E-state index in [9.17, 15) is 9.59 Å². The van der Waals surface area contributed by atoms with E-state index in [0.717, 1.165) is 24.8 Å². The van der Waals surface area contributed by atoms with Gasteiger partial charge in [0, 0.05) is 6.42 Å². The van der Waals surface area contributed by atoms with Gasteiger partial charge in [-0.1, -0.05) is 62.9 Å². The Labute approximate surface area is 126 Å². The Kier molecular flexibility index (Phi) is 8.17. The van der Waals surface area contributed by atoms with Gasteiger partial charge in [0.15, 0.2) is 6.04 Å². The van der Waals surface area contributed by atoms with Crippen molar-refractivity contribution in [3.8, 4) is 0 Å². The van der Waals surface area contributed by atoms with Gasteiger partial charge in [0.2, 0.25) is 5.91 Å². The summed E-state index contributed by atoms with van der Waals surface area (Å²) in [5.41, 5.74) is 0.740. The maximum absolute atomic E-state index is 12.0. The Morgan fingerprint density at radius 1 is 1.10 bits per heavy atom. The maximum Gasteiger partial charge on any atom is 0.333 e. The zero-order valence-corrected chi connectivity index (χ0v) is 12.9. The third kappa shape index (κ3) is 6.43. The molecule has 0 aliphatic carbocycles. The number of unbranched alkanes of at least 4 members (excludes halogenated alkanes) is 4. The number of hydrogen-bond acceptors (Lipinski definition) is 3. The number of esters is 1. The van der Waals surface area contributed by atoms with Crippen LogP contribution in [0.1, 0.15) is 57.1 Å². The lowest BCUT2D eigenvalue weighted by molar-refractivity contribution is -0.145. The predicted octanol–water partition coefficient (Wildman–Crippen LogP) is 3.38. The molecule has 4 heteroatoms. The average molecular weight is 291 g/mol. The van der Waals surface area contributed by atoms with Gasteiger partial charge in [-0.05, 0) is 12.0 Å². The number of carbonyl (C=O) groups excluding carboxylic acids is 2. The third-order valence-electron chi connectivity index (χ3n) is 3.38. The molecule has 0 heterocycles. The first kappa shape index (κ1) is 17.2. The molecule has 1 N–H and O–H groups in total. The number of ether oxygens (including phenoxy) is 1. The Bertz CT molecular complexity index is 431. The van der Waals surface area contributed by atoms with Crippen molar-refractivity contribution in [2.45, 2.75) is 51.5 Å². The first-order valence-electron chi connectivity index (χ1n) is 7.61. The van der Waals surface area contributed by atoms with E-state index < -0.39 is 12.0 Å². The molecule has 1 atom stereocenters. The van der Waals surface area contributed by atoms with Gasteiger partial charge in [0.1, 0.15) is 0 Å². The molecule has 0 fully saturated rings. The quantitative estimate of drug-likeness (QED) is 0.560. The second kappa shape index (κ2) is 9.97. The molecule has 4 nitrogen and oxygen atoms in total. The number of benzene rings is 1. The van der Waals surface area contributed by atoms with Crippen LogP contribution in [-0.4, -0.2) is 19.0 Å². The predicted molar refractivity (Wildman–Crippen MR) is 82.7 cm³/mol. The fourth-order valence-corrected chi connectivity index (χ4v) is 2.16. The summed E-state index contributed by atoms with van der Waals surface area (Å²) in [6.07, 6.45) is 5.90. The number of rotatable bonds is 9. The molecule has 0 spiro atoms. The standard InChI is InChI=1S/C17H25NO3/c1-3-4-5-6-10-13-15(19)18-16(17(20)21-2)14-11-8-7-9-12-14/h7-9,11-12,16H,3-6,10,13H2,1-2H3,(H,18,19). The molecule has 1 aromatic carbocycles. The second-order valence-electron chi connectivity index (χ2n) is 5.10. The van der Waals surface area contributed by atoms with Gasteiger partial charge in [-0.15, -0.1) is 0 Å². The lowest BCUT2D eigenvalue weighted by Gasteiger charge is -2.16. The van der Waals surface area contributed by atoms with Crippen LogP contribution in [0.15, 0.2) is 30.3 Å². The molecule has 1 rings (SSSR count). The molecular weight excluding hydrogens is 266 g/mol. The molecule has 1 unspecified atom stereocenters. The molecule has 0 aliphatic rings. The van der Waals surface area contributed by atoms with E-state index in [1.54, 1.807) is 0 Å². The number of hydrogen-bond donors (Lipinski definition) is 1. The van der Waals surface area contributed by atoms with Crippen molar-refractivity contribution in [3.63, 3.8) is 0 Å². The van der Waals surface area contributed by atoms with E-state index in [1.165, 1.54) is 20.0 Å². The van der Waals surface area contributed by atoms with Crippen molar-refractivity contribution in [1.29, 1.82) is 0 Å². The minimum atomic E-state index is -0.723. The Hall–Kier alpha value is -1.84. The first-order valence-corrected chi connectivity index (χ1v) is 7.61. The van der Waals surface area contributed by atoms with Crippen molar-refractivity contribution in [3.05, 3.63) is 35.9 Å². The van der Waals surface area contributed by atoms with Crippen LogP contribution in [0.2, 0.25) is 0 Å². The van der Waals surface area contributed by atoms with Gasteiger partial charge in [-0.2, -0.15) is 0 Å². The summed E-state index contributed by atoms with van der Waals surface area (Å²) in [4.78, 5) is 23.8. The number of carbonyl (C=O) groups is 2. The summed E-state index contributed by atoms with van der Waals surface area (Å²) in [6, 6.07) is 8.43. The van der Waals surface area contributed by atoms with Crippen molar-refractivity contribution in [1.82, 2.24) is 5.32 Å². The number of nitrogens with one attached hydrogen (secondary N) is 1. The fourth-order valence-electron chi connectivity index (χ4n) is 2.16. The van der Waals surface area contributed by atoms with E-state index in [-0.39, 0.29) is 5.91 Å². The van der Waals surface area contributed by atoms with E-state index in [4.69, 9.17) is 4.74 Å². The van der Waals surface area contributed by atoms with Crippen LogP contribution in [0.5, 0.6) is 0 Å². The summed E-state index contributed by atoms with van der Waals surface area (Å²) in [7, 11) is 1.33. The molecule has 0 saturated heterocycles. The largest absolute Gasteiger partial charge is 0.467 e. The van der Waals surface area contributed by atoms with Gasteiger partial charge in [-0.3, -0.25) is 4.79 Å². The third-order valence-corrected chi connectivity index (χ3v) is 3.38. The number of amides is 1. The molecule has 0 saturated carbocycles. The van der Waals surface area contributed by atoms with Crippen LogP contribution in [0.25, 0.3) is 0 Å². The van der Waals surface area contributed by atoms with Crippen molar-refractivity contribution >= 4 is 11.9 Å². The smallest absolute Gasteiger partial charge is 0.333 e. The Morgan fingerprint density at radius 2 is 1.76 bits per heavy atom. The summed E-state index contributed by atoms with van der Waals surface area (Å²) in [6.45, 7) is 2.16. The molecule has 1 amide bonds.